The van der Waals surface area contributed by atoms with Crippen LogP contribution in [0.5, 0.6) is 11.5 Å². The second kappa shape index (κ2) is 6.10. The van der Waals surface area contributed by atoms with Gasteiger partial charge in [0.2, 0.25) is 0 Å². The Bertz CT molecular complexity index is 620. The van der Waals surface area contributed by atoms with Gasteiger partial charge in [0, 0.05) is 24.4 Å². The van der Waals surface area contributed by atoms with Crippen LogP contribution in [0.15, 0.2) is 35.7 Å². The molecule has 0 aliphatic rings. The van der Waals surface area contributed by atoms with Crippen LogP contribution in [0.25, 0.3) is 0 Å². The zero-order chi connectivity index (χ0) is 14.5. The molecule has 0 saturated carbocycles. The molecule has 0 atom stereocenters. The number of rotatable bonds is 5. The summed E-state index contributed by atoms with van der Waals surface area (Å²) in [4.78, 5) is 0. The molecule has 1 aromatic carbocycles. The van der Waals surface area contributed by atoms with Crippen LogP contribution in [0.2, 0.25) is 0 Å². The van der Waals surface area contributed by atoms with Gasteiger partial charge in [0.05, 0.1) is 19.0 Å². The van der Waals surface area contributed by atoms with Crippen LogP contribution in [0.1, 0.15) is 18.1 Å². The van der Waals surface area contributed by atoms with Crippen molar-refractivity contribution in [2.45, 2.75) is 13.5 Å². The van der Waals surface area contributed by atoms with Crippen LogP contribution >= 0.6 is 0 Å². The number of benzene rings is 1. The lowest BCUT2D eigenvalue weighted by Gasteiger charge is -2.11. The minimum absolute atomic E-state index is 0.413. The molecular formula is C14H17N3O3. The van der Waals surface area contributed by atoms with Crippen molar-refractivity contribution in [3.05, 3.63) is 41.7 Å². The third kappa shape index (κ3) is 3.09. The summed E-state index contributed by atoms with van der Waals surface area (Å²) in [6, 6.07) is 5.38. The normalized spacial score (nSPS) is 11.4. The van der Waals surface area contributed by atoms with Gasteiger partial charge in [-0.05, 0) is 25.1 Å². The van der Waals surface area contributed by atoms with E-state index in [1.54, 1.807) is 37.0 Å². The summed E-state index contributed by atoms with van der Waals surface area (Å²) in [6.07, 6.45) is 3.65. The van der Waals surface area contributed by atoms with Gasteiger partial charge in [0.15, 0.2) is 11.5 Å². The summed E-state index contributed by atoms with van der Waals surface area (Å²) in [5.74, 6) is 1.22. The number of aryl methyl sites for hydroxylation is 1. The Labute approximate surface area is 117 Å². The Hall–Kier alpha value is -2.50. The fourth-order valence-electron chi connectivity index (χ4n) is 1.78. The Morgan fingerprint density at radius 1 is 1.40 bits per heavy atom. The third-order valence-electron chi connectivity index (χ3n) is 2.88. The molecule has 20 heavy (non-hydrogen) atoms. The second-order valence-corrected chi connectivity index (χ2v) is 4.36. The van der Waals surface area contributed by atoms with E-state index in [4.69, 9.17) is 14.7 Å². The minimum Gasteiger partial charge on any atom is -0.493 e. The van der Waals surface area contributed by atoms with Crippen LogP contribution in [-0.2, 0) is 13.7 Å². The highest BCUT2D eigenvalue weighted by molar-refractivity contribution is 5.98. The van der Waals surface area contributed by atoms with Gasteiger partial charge < -0.3 is 14.7 Å². The van der Waals surface area contributed by atoms with E-state index < -0.39 is 0 Å². The molecule has 0 bridgehead atoms. The van der Waals surface area contributed by atoms with Crippen molar-refractivity contribution in [3.8, 4) is 11.5 Å². The Morgan fingerprint density at radius 2 is 2.20 bits per heavy atom. The van der Waals surface area contributed by atoms with E-state index in [1.165, 1.54) is 0 Å². The van der Waals surface area contributed by atoms with Crippen LogP contribution in [0, 0.1) is 0 Å². The van der Waals surface area contributed by atoms with E-state index in [2.05, 4.69) is 10.3 Å². The lowest BCUT2D eigenvalue weighted by atomic mass is 10.1. The van der Waals surface area contributed by atoms with Crippen molar-refractivity contribution >= 4 is 5.71 Å². The lowest BCUT2D eigenvalue weighted by Crippen LogP contribution is -2.00. The zero-order valence-electron chi connectivity index (χ0n) is 11.7. The molecule has 2 aromatic rings. The van der Waals surface area contributed by atoms with Gasteiger partial charge in [-0.3, -0.25) is 4.68 Å². The predicted molar refractivity (Wildman–Crippen MR) is 74.5 cm³/mol. The summed E-state index contributed by atoms with van der Waals surface area (Å²) in [7, 11) is 3.43. The molecule has 1 aromatic heterocycles. The van der Waals surface area contributed by atoms with Crippen LogP contribution in [0.3, 0.4) is 0 Å². The molecule has 0 saturated heterocycles. The van der Waals surface area contributed by atoms with Crippen molar-refractivity contribution in [2.75, 3.05) is 7.11 Å². The first-order chi connectivity index (χ1) is 9.63. The van der Waals surface area contributed by atoms with Crippen LogP contribution < -0.4 is 9.47 Å². The number of ether oxygens (including phenoxy) is 2. The zero-order valence-corrected chi connectivity index (χ0v) is 11.7. The number of oxime groups is 1. The molecule has 6 nitrogen and oxygen atoms in total. The van der Waals surface area contributed by atoms with Gasteiger partial charge in [0.25, 0.3) is 0 Å². The molecule has 0 aliphatic carbocycles. The molecule has 1 N–H and O–H groups in total. The van der Waals surface area contributed by atoms with Gasteiger partial charge in [-0.1, -0.05) is 5.16 Å². The summed E-state index contributed by atoms with van der Waals surface area (Å²) >= 11 is 0. The van der Waals surface area contributed by atoms with Gasteiger partial charge >= 0.3 is 0 Å². The number of nitrogens with zero attached hydrogens (tertiary/aromatic N) is 3. The molecule has 0 radical (unpaired) electrons. The molecule has 0 amide bonds. The smallest absolute Gasteiger partial charge is 0.161 e. The maximum Gasteiger partial charge on any atom is 0.161 e. The minimum atomic E-state index is 0.413. The molecule has 1 heterocycles. The predicted octanol–water partition coefficient (Wildman–Crippen LogP) is 2.21. The summed E-state index contributed by atoms with van der Waals surface area (Å²) in [5, 5.41) is 16.0. The lowest BCUT2D eigenvalue weighted by molar-refractivity contribution is 0.284. The molecule has 6 heteroatoms. The Morgan fingerprint density at radius 3 is 2.80 bits per heavy atom. The SMILES string of the molecule is COc1cc(C(C)=NO)ccc1OCc1cnn(C)c1. The summed E-state index contributed by atoms with van der Waals surface area (Å²) in [6.45, 7) is 2.13. The molecule has 0 unspecified atom stereocenters. The quantitative estimate of drug-likeness (QED) is 0.516. The van der Waals surface area contributed by atoms with Crippen molar-refractivity contribution in [2.24, 2.45) is 12.2 Å². The van der Waals surface area contributed by atoms with Gasteiger partial charge in [-0.2, -0.15) is 5.10 Å². The van der Waals surface area contributed by atoms with E-state index in [1.807, 2.05) is 19.3 Å². The van der Waals surface area contributed by atoms with E-state index in [0.717, 1.165) is 11.1 Å². The van der Waals surface area contributed by atoms with Crippen LogP contribution in [0.4, 0.5) is 0 Å². The molecule has 0 spiro atoms. The Balaban J connectivity index is 2.15. The number of aromatic nitrogens is 2. The monoisotopic (exact) mass is 275 g/mol. The fourth-order valence-corrected chi connectivity index (χ4v) is 1.78. The van der Waals surface area contributed by atoms with Crippen molar-refractivity contribution < 1.29 is 14.7 Å². The van der Waals surface area contributed by atoms with Gasteiger partial charge in [0.1, 0.15) is 6.61 Å². The third-order valence-corrected chi connectivity index (χ3v) is 2.88. The first kappa shape index (κ1) is 13.9. The highest BCUT2D eigenvalue weighted by Gasteiger charge is 2.08. The van der Waals surface area contributed by atoms with E-state index in [-0.39, 0.29) is 0 Å². The largest absolute Gasteiger partial charge is 0.493 e. The second-order valence-electron chi connectivity index (χ2n) is 4.36. The summed E-state index contributed by atoms with van der Waals surface area (Å²) in [5.41, 5.74) is 2.27. The van der Waals surface area contributed by atoms with Gasteiger partial charge in [-0.25, -0.2) is 0 Å². The maximum atomic E-state index is 8.78. The van der Waals surface area contributed by atoms with E-state index >= 15 is 0 Å². The summed E-state index contributed by atoms with van der Waals surface area (Å²) < 4.78 is 12.7. The number of hydrogen-bond donors (Lipinski definition) is 1. The van der Waals surface area contributed by atoms with Crippen molar-refractivity contribution in [3.63, 3.8) is 0 Å². The van der Waals surface area contributed by atoms with E-state index in [0.29, 0.717) is 23.8 Å². The number of hydrogen-bond acceptors (Lipinski definition) is 5. The van der Waals surface area contributed by atoms with Gasteiger partial charge in [-0.15, -0.1) is 0 Å². The highest BCUT2D eigenvalue weighted by Crippen LogP contribution is 2.29. The topological polar surface area (TPSA) is 68.9 Å². The molecule has 0 fully saturated rings. The van der Waals surface area contributed by atoms with Crippen LogP contribution in [-0.4, -0.2) is 27.8 Å². The molecular weight excluding hydrogens is 258 g/mol. The Kier molecular flexibility index (Phi) is 4.24. The number of methoxy groups -OCH3 is 1. The molecule has 106 valence electrons. The average molecular weight is 275 g/mol. The van der Waals surface area contributed by atoms with Crippen molar-refractivity contribution in [1.82, 2.24) is 9.78 Å². The molecule has 0 aliphatic heterocycles. The van der Waals surface area contributed by atoms with E-state index in [9.17, 15) is 0 Å². The fraction of sp³-hybridized carbons (Fsp3) is 0.286. The van der Waals surface area contributed by atoms with Crippen molar-refractivity contribution in [1.29, 1.82) is 0 Å². The first-order valence-corrected chi connectivity index (χ1v) is 6.11. The first-order valence-electron chi connectivity index (χ1n) is 6.11. The highest BCUT2D eigenvalue weighted by atomic mass is 16.5. The maximum absolute atomic E-state index is 8.78. The standard InChI is InChI=1S/C14H17N3O3/c1-10(16-18)12-4-5-13(14(6-12)19-3)20-9-11-7-15-17(2)8-11/h4-8,18H,9H2,1-3H3. The average Bonchev–Trinajstić information content (AvgIpc) is 2.89. The molecule has 2 rings (SSSR count).